The summed E-state index contributed by atoms with van der Waals surface area (Å²) in [5.74, 6) is -3.49. The van der Waals surface area contributed by atoms with Gasteiger partial charge in [-0.2, -0.15) is 0 Å². The Balaban J connectivity index is 1.14. The Morgan fingerprint density at radius 3 is 2.43 bits per heavy atom. The predicted molar refractivity (Wildman–Crippen MR) is 130 cm³/mol. The number of benzene rings is 2. The molecular formula is C26H25F5N4O2. The van der Waals surface area contributed by atoms with E-state index in [1.165, 1.54) is 0 Å². The number of ether oxygens (including phenoxy) is 2. The zero-order valence-electron chi connectivity index (χ0n) is 19.7. The summed E-state index contributed by atoms with van der Waals surface area (Å²) >= 11 is 0. The second-order valence-electron chi connectivity index (χ2n) is 8.26. The largest absolute Gasteiger partial charge is 0.573 e. The number of fused-ring (bicyclic) bond motifs is 3. The summed E-state index contributed by atoms with van der Waals surface area (Å²) in [6, 6.07) is 11.5. The van der Waals surface area contributed by atoms with Gasteiger partial charge in [0.1, 0.15) is 5.82 Å². The van der Waals surface area contributed by atoms with Gasteiger partial charge < -0.3 is 20.1 Å². The molecule has 0 aliphatic rings. The molecule has 2 N–H and O–H groups in total. The maximum atomic E-state index is 13.8. The minimum absolute atomic E-state index is 0.104. The molecule has 0 radical (unpaired) electrons. The third-order valence-electron chi connectivity index (χ3n) is 5.54. The number of anilines is 1. The smallest absolute Gasteiger partial charge is 0.399 e. The fraction of sp³-hybridized carbons (Fsp3) is 0.308. The Morgan fingerprint density at radius 1 is 0.865 bits per heavy atom. The number of pyridine rings is 2. The molecule has 0 atom stereocenters. The number of rotatable bonds is 12. The Kier molecular flexibility index (Phi) is 8.67. The van der Waals surface area contributed by atoms with Crippen molar-refractivity contribution in [2.75, 3.05) is 31.6 Å². The normalized spacial score (nSPS) is 11.8. The molecule has 0 spiro atoms. The lowest BCUT2D eigenvalue weighted by molar-refractivity contribution is -0.276. The molecule has 37 heavy (non-hydrogen) atoms. The Bertz CT molecular complexity index is 1330. The lowest BCUT2D eigenvalue weighted by Crippen LogP contribution is -2.20. The number of para-hydroxylation sites is 1. The van der Waals surface area contributed by atoms with Crippen LogP contribution in [-0.4, -0.2) is 42.6 Å². The summed E-state index contributed by atoms with van der Waals surface area (Å²) in [6.45, 7) is 2.25. The van der Waals surface area contributed by atoms with Gasteiger partial charge in [0.25, 0.3) is 0 Å². The first-order valence-corrected chi connectivity index (χ1v) is 11.7. The van der Waals surface area contributed by atoms with Gasteiger partial charge in [-0.05, 0) is 49.2 Å². The van der Waals surface area contributed by atoms with E-state index < -0.39 is 23.7 Å². The van der Waals surface area contributed by atoms with E-state index in [4.69, 9.17) is 9.72 Å². The van der Waals surface area contributed by atoms with Crippen molar-refractivity contribution in [2.45, 2.75) is 25.7 Å². The van der Waals surface area contributed by atoms with Crippen LogP contribution in [0, 0.1) is 11.6 Å². The van der Waals surface area contributed by atoms with Crippen molar-refractivity contribution in [1.82, 2.24) is 15.3 Å². The molecule has 4 aromatic rings. The van der Waals surface area contributed by atoms with Crippen LogP contribution >= 0.6 is 0 Å². The number of aromatic nitrogens is 2. The standard InChI is InChI=1S/C26H25F5N4O2/c27-21-13-17(14-22(28)24(21)37-26(29,30)31)15-32-8-3-4-11-36-12-10-34-25-19-7-9-33-16-20(19)18-5-1-2-6-23(18)35-25/h1-2,5-7,9,13-14,16,32H,3-4,8,10-12,15H2,(H,34,35). The van der Waals surface area contributed by atoms with E-state index in [1.54, 1.807) is 6.20 Å². The van der Waals surface area contributed by atoms with Gasteiger partial charge >= 0.3 is 6.36 Å². The van der Waals surface area contributed by atoms with Crippen LogP contribution in [0.15, 0.2) is 54.9 Å². The highest BCUT2D eigenvalue weighted by atomic mass is 19.4. The molecule has 0 aliphatic heterocycles. The highest BCUT2D eigenvalue weighted by molar-refractivity contribution is 6.09. The van der Waals surface area contributed by atoms with Crippen LogP contribution in [0.2, 0.25) is 0 Å². The SMILES string of the molecule is Fc1cc(CNCCCCOCCNc2nc3ccccc3c3cnccc23)cc(F)c1OC(F)(F)F. The summed E-state index contributed by atoms with van der Waals surface area (Å²) < 4.78 is 73.2. The van der Waals surface area contributed by atoms with Crippen molar-refractivity contribution < 1.29 is 31.4 Å². The second kappa shape index (κ2) is 12.1. The first-order chi connectivity index (χ1) is 17.8. The molecule has 4 rings (SSSR count). The van der Waals surface area contributed by atoms with Crippen molar-refractivity contribution in [3.05, 3.63) is 72.1 Å². The van der Waals surface area contributed by atoms with Gasteiger partial charge in [0, 0.05) is 48.2 Å². The van der Waals surface area contributed by atoms with Gasteiger partial charge in [-0.3, -0.25) is 4.98 Å². The molecule has 0 unspecified atom stereocenters. The van der Waals surface area contributed by atoms with Gasteiger partial charge in [-0.1, -0.05) is 18.2 Å². The number of unbranched alkanes of at least 4 members (excludes halogenated alkanes) is 1. The van der Waals surface area contributed by atoms with E-state index in [0.717, 1.165) is 52.5 Å². The van der Waals surface area contributed by atoms with E-state index in [-0.39, 0.29) is 12.1 Å². The molecule has 11 heteroatoms. The molecule has 0 saturated heterocycles. The van der Waals surface area contributed by atoms with Crippen LogP contribution in [0.3, 0.4) is 0 Å². The molecule has 0 saturated carbocycles. The van der Waals surface area contributed by atoms with Gasteiger partial charge in [0.15, 0.2) is 11.6 Å². The number of hydrogen-bond acceptors (Lipinski definition) is 6. The van der Waals surface area contributed by atoms with E-state index in [2.05, 4.69) is 20.4 Å². The van der Waals surface area contributed by atoms with E-state index >= 15 is 0 Å². The number of alkyl halides is 3. The van der Waals surface area contributed by atoms with Crippen molar-refractivity contribution in [3.63, 3.8) is 0 Å². The Hall–Kier alpha value is -3.57. The minimum atomic E-state index is -5.17. The third kappa shape index (κ3) is 7.23. The first kappa shape index (κ1) is 26.5. The van der Waals surface area contributed by atoms with Crippen LogP contribution in [0.25, 0.3) is 21.7 Å². The second-order valence-corrected chi connectivity index (χ2v) is 8.26. The zero-order chi connectivity index (χ0) is 26.3. The van der Waals surface area contributed by atoms with Gasteiger partial charge in [-0.15, -0.1) is 13.2 Å². The fourth-order valence-electron chi connectivity index (χ4n) is 3.89. The molecule has 0 amide bonds. The maximum Gasteiger partial charge on any atom is 0.573 e. The number of hydrogen-bond donors (Lipinski definition) is 2. The van der Waals surface area contributed by atoms with E-state index in [9.17, 15) is 22.0 Å². The summed E-state index contributed by atoms with van der Waals surface area (Å²) in [4.78, 5) is 8.95. The topological polar surface area (TPSA) is 68.3 Å². The minimum Gasteiger partial charge on any atom is -0.399 e. The number of nitrogens with one attached hydrogen (secondary N) is 2. The average Bonchev–Trinajstić information content (AvgIpc) is 2.87. The van der Waals surface area contributed by atoms with Crippen LogP contribution < -0.4 is 15.4 Å². The molecule has 0 bridgehead atoms. The quantitative estimate of drug-likeness (QED) is 0.137. The molecule has 0 aliphatic carbocycles. The fourth-order valence-corrected chi connectivity index (χ4v) is 3.89. The Labute approximate surface area is 209 Å². The van der Waals surface area contributed by atoms with Crippen molar-refractivity contribution >= 4 is 27.5 Å². The van der Waals surface area contributed by atoms with E-state index in [0.29, 0.717) is 26.3 Å². The van der Waals surface area contributed by atoms with Gasteiger partial charge in [0.2, 0.25) is 5.75 Å². The van der Waals surface area contributed by atoms with Crippen LogP contribution in [-0.2, 0) is 11.3 Å². The molecule has 2 aromatic heterocycles. The van der Waals surface area contributed by atoms with Crippen molar-refractivity contribution in [2.24, 2.45) is 0 Å². The Morgan fingerprint density at radius 2 is 1.65 bits per heavy atom. The average molecular weight is 521 g/mol. The molecular weight excluding hydrogens is 495 g/mol. The van der Waals surface area contributed by atoms with E-state index in [1.807, 2.05) is 36.5 Å². The zero-order valence-corrected chi connectivity index (χ0v) is 19.7. The lowest BCUT2D eigenvalue weighted by Gasteiger charge is -2.12. The third-order valence-corrected chi connectivity index (χ3v) is 5.54. The maximum absolute atomic E-state index is 13.8. The predicted octanol–water partition coefficient (Wildman–Crippen LogP) is 5.96. The molecule has 6 nitrogen and oxygen atoms in total. The summed E-state index contributed by atoms with van der Waals surface area (Å²) in [5, 5.41) is 9.39. The molecule has 2 aromatic carbocycles. The van der Waals surface area contributed by atoms with Gasteiger partial charge in [0.05, 0.1) is 12.1 Å². The highest BCUT2D eigenvalue weighted by Gasteiger charge is 2.34. The lowest BCUT2D eigenvalue weighted by atomic mass is 10.1. The molecule has 196 valence electrons. The molecule has 0 fully saturated rings. The van der Waals surface area contributed by atoms with Gasteiger partial charge in [-0.25, -0.2) is 13.8 Å². The summed E-state index contributed by atoms with van der Waals surface area (Å²) in [7, 11) is 0. The van der Waals surface area contributed by atoms with Crippen molar-refractivity contribution in [3.8, 4) is 5.75 Å². The van der Waals surface area contributed by atoms with Crippen LogP contribution in [0.4, 0.5) is 27.8 Å². The first-order valence-electron chi connectivity index (χ1n) is 11.7. The van der Waals surface area contributed by atoms with Crippen molar-refractivity contribution in [1.29, 1.82) is 0 Å². The molecule has 2 heterocycles. The van der Waals surface area contributed by atoms with Crippen LogP contribution in [0.5, 0.6) is 5.75 Å². The van der Waals surface area contributed by atoms with Crippen LogP contribution in [0.1, 0.15) is 18.4 Å². The highest BCUT2D eigenvalue weighted by Crippen LogP contribution is 2.30. The monoisotopic (exact) mass is 520 g/mol. The summed E-state index contributed by atoms with van der Waals surface area (Å²) in [6.07, 6.45) is -0.0915. The summed E-state index contributed by atoms with van der Waals surface area (Å²) in [5.41, 5.74) is 1.06. The number of halogens is 5. The number of nitrogens with zero attached hydrogens (tertiary/aromatic N) is 2.